The Kier molecular flexibility index (Phi) is 6.48. The average molecular weight is 248 g/mol. The molecule has 0 fully saturated rings. The summed E-state index contributed by atoms with van der Waals surface area (Å²) in [7, 11) is 1.30. The summed E-state index contributed by atoms with van der Waals surface area (Å²) in [6.07, 6.45) is 1.39. The van der Waals surface area contributed by atoms with Crippen LogP contribution in [0.4, 0.5) is 0 Å². The molecular formula is C11H20O4S. The van der Waals surface area contributed by atoms with E-state index in [4.69, 9.17) is 5.11 Å². The second-order valence-electron chi connectivity index (χ2n) is 4.33. The second-order valence-corrected chi connectivity index (χ2v) is 5.81. The van der Waals surface area contributed by atoms with Crippen molar-refractivity contribution in [2.24, 2.45) is 5.92 Å². The molecule has 4 nitrogen and oxygen atoms in total. The highest BCUT2D eigenvalue weighted by Gasteiger charge is 2.34. The number of hydrogen-bond donors (Lipinski definition) is 1. The SMILES string of the molecule is COC(=O)CSC(C)(CCC(C)C)C(=O)O. The highest BCUT2D eigenvalue weighted by Crippen LogP contribution is 2.31. The van der Waals surface area contributed by atoms with Crippen LogP contribution in [-0.4, -0.2) is 34.7 Å². The predicted molar refractivity (Wildman–Crippen MR) is 64.6 cm³/mol. The normalized spacial score (nSPS) is 14.6. The zero-order valence-corrected chi connectivity index (χ0v) is 11.1. The molecule has 0 aromatic carbocycles. The molecule has 16 heavy (non-hydrogen) atoms. The van der Waals surface area contributed by atoms with Crippen LogP contribution in [0.2, 0.25) is 0 Å². The number of aliphatic carboxylic acids is 1. The third kappa shape index (κ3) is 5.39. The smallest absolute Gasteiger partial charge is 0.319 e. The molecule has 0 aliphatic heterocycles. The van der Waals surface area contributed by atoms with Gasteiger partial charge in [0.25, 0.3) is 0 Å². The van der Waals surface area contributed by atoms with Gasteiger partial charge in [-0.3, -0.25) is 9.59 Å². The van der Waals surface area contributed by atoms with E-state index in [9.17, 15) is 9.59 Å². The van der Waals surface area contributed by atoms with Crippen molar-refractivity contribution in [3.05, 3.63) is 0 Å². The third-order valence-corrected chi connectivity index (χ3v) is 3.78. The van der Waals surface area contributed by atoms with Crippen LogP contribution in [-0.2, 0) is 14.3 Å². The zero-order chi connectivity index (χ0) is 12.8. The van der Waals surface area contributed by atoms with Crippen molar-refractivity contribution >= 4 is 23.7 Å². The van der Waals surface area contributed by atoms with Crippen LogP contribution in [0.15, 0.2) is 0 Å². The summed E-state index contributed by atoms with van der Waals surface area (Å²) in [4.78, 5) is 22.1. The van der Waals surface area contributed by atoms with Crippen molar-refractivity contribution < 1.29 is 19.4 Å². The van der Waals surface area contributed by atoms with E-state index in [1.54, 1.807) is 6.92 Å². The van der Waals surface area contributed by atoms with E-state index in [0.717, 1.165) is 18.2 Å². The first-order valence-electron chi connectivity index (χ1n) is 5.26. The molecule has 1 N–H and O–H groups in total. The molecule has 0 aromatic heterocycles. The lowest BCUT2D eigenvalue weighted by atomic mass is 9.99. The number of thioether (sulfide) groups is 1. The Hall–Kier alpha value is -0.710. The van der Waals surface area contributed by atoms with Gasteiger partial charge in [0.1, 0.15) is 4.75 Å². The highest BCUT2D eigenvalue weighted by atomic mass is 32.2. The molecule has 0 bridgehead atoms. The molecule has 0 rings (SSSR count). The molecule has 0 saturated heterocycles. The van der Waals surface area contributed by atoms with Gasteiger partial charge >= 0.3 is 11.9 Å². The zero-order valence-electron chi connectivity index (χ0n) is 10.3. The first-order chi connectivity index (χ1) is 7.31. The lowest BCUT2D eigenvalue weighted by Crippen LogP contribution is -2.33. The Labute approximate surface area is 101 Å². The van der Waals surface area contributed by atoms with E-state index >= 15 is 0 Å². The van der Waals surface area contributed by atoms with Gasteiger partial charge in [-0.25, -0.2) is 0 Å². The molecular weight excluding hydrogens is 228 g/mol. The maximum atomic E-state index is 11.2. The Balaban J connectivity index is 4.33. The minimum absolute atomic E-state index is 0.0807. The van der Waals surface area contributed by atoms with Crippen LogP contribution in [0.5, 0.6) is 0 Å². The van der Waals surface area contributed by atoms with E-state index in [1.165, 1.54) is 7.11 Å². The van der Waals surface area contributed by atoms with Crippen molar-refractivity contribution in [1.82, 2.24) is 0 Å². The van der Waals surface area contributed by atoms with Gasteiger partial charge < -0.3 is 9.84 Å². The van der Waals surface area contributed by atoms with Gasteiger partial charge in [-0.15, -0.1) is 11.8 Å². The first-order valence-corrected chi connectivity index (χ1v) is 6.24. The Morgan fingerprint density at radius 1 is 1.44 bits per heavy atom. The lowest BCUT2D eigenvalue weighted by Gasteiger charge is -2.24. The van der Waals surface area contributed by atoms with Crippen LogP contribution >= 0.6 is 11.8 Å². The van der Waals surface area contributed by atoms with Gasteiger partial charge in [0.05, 0.1) is 12.9 Å². The van der Waals surface area contributed by atoms with Crippen LogP contribution in [0.3, 0.4) is 0 Å². The maximum absolute atomic E-state index is 11.2. The molecule has 0 aliphatic carbocycles. The lowest BCUT2D eigenvalue weighted by molar-refractivity contribution is -0.139. The first kappa shape index (κ1) is 15.3. The highest BCUT2D eigenvalue weighted by molar-refractivity contribution is 8.02. The molecule has 1 unspecified atom stereocenters. The number of rotatable bonds is 7. The van der Waals surface area contributed by atoms with E-state index in [1.807, 2.05) is 13.8 Å². The summed E-state index contributed by atoms with van der Waals surface area (Å²) in [6, 6.07) is 0. The van der Waals surface area contributed by atoms with Crippen molar-refractivity contribution in [2.45, 2.75) is 38.4 Å². The molecule has 5 heteroatoms. The Morgan fingerprint density at radius 2 is 2.00 bits per heavy atom. The van der Waals surface area contributed by atoms with Gasteiger partial charge in [-0.2, -0.15) is 0 Å². The largest absolute Gasteiger partial charge is 0.480 e. The molecule has 94 valence electrons. The molecule has 0 radical (unpaired) electrons. The Morgan fingerprint density at radius 3 is 2.38 bits per heavy atom. The molecule has 1 atom stereocenters. The van der Waals surface area contributed by atoms with Gasteiger partial charge in [0.2, 0.25) is 0 Å². The summed E-state index contributed by atoms with van der Waals surface area (Å²) in [5, 5.41) is 9.16. The molecule has 0 saturated carbocycles. The van der Waals surface area contributed by atoms with E-state index in [0.29, 0.717) is 12.3 Å². The van der Waals surface area contributed by atoms with Crippen LogP contribution < -0.4 is 0 Å². The van der Waals surface area contributed by atoms with E-state index in [2.05, 4.69) is 4.74 Å². The third-order valence-electron chi connectivity index (χ3n) is 2.39. The summed E-state index contributed by atoms with van der Waals surface area (Å²) in [6.45, 7) is 5.76. The number of carbonyl (C=O) groups excluding carboxylic acids is 1. The van der Waals surface area contributed by atoms with Crippen molar-refractivity contribution in [1.29, 1.82) is 0 Å². The van der Waals surface area contributed by atoms with Crippen molar-refractivity contribution in [3.8, 4) is 0 Å². The van der Waals surface area contributed by atoms with Crippen molar-refractivity contribution in [3.63, 3.8) is 0 Å². The number of carbonyl (C=O) groups is 2. The number of carboxylic acid groups (broad SMARTS) is 1. The number of esters is 1. The minimum Gasteiger partial charge on any atom is -0.480 e. The van der Waals surface area contributed by atoms with Crippen LogP contribution in [0.1, 0.15) is 33.6 Å². The van der Waals surface area contributed by atoms with Crippen LogP contribution in [0, 0.1) is 5.92 Å². The topological polar surface area (TPSA) is 63.6 Å². The monoisotopic (exact) mass is 248 g/mol. The molecule has 0 heterocycles. The standard InChI is InChI=1S/C11H20O4S/c1-8(2)5-6-11(3,10(13)14)16-7-9(12)15-4/h8H,5-7H2,1-4H3,(H,13,14). The summed E-state index contributed by atoms with van der Waals surface area (Å²) < 4.78 is 3.59. The van der Waals surface area contributed by atoms with Gasteiger partial charge in [-0.1, -0.05) is 13.8 Å². The number of ether oxygens (including phenoxy) is 1. The van der Waals surface area contributed by atoms with Gasteiger partial charge in [0.15, 0.2) is 0 Å². The number of methoxy groups -OCH3 is 1. The number of hydrogen-bond acceptors (Lipinski definition) is 4. The summed E-state index contributed by atoms with van der Waals surface area (Å²) in [5.74, 6) is -0.723. The molecule has 0 spiro atoms. The predicted octanol–water partition coefficient (Wildman–Crippen LogP) is 2.17. The van der Waals surface area contributed by atoms with E-state index in [-0.39, 0.29) is 11.7 Å². The van der Waals surface area contributed by atoms with Crippen LogP contribution in [0.25, 0.3) is 0 Å². The fraction of sp³-hybridized carbons (Fsp3) is 0.818. The molecule has 0 amide bonds. The van der Waals surface area contributed by atoms with Gasteiger partial charge in [-0.05, 0) is 25.7 Å². The quantitative estimate of drug-likeness (QED) is 0.700. The summed E-state index contributed by atoms with van der Waals surface area (Å²) >= 11 is 1.13. The Bertz CT molecular complexity index is 252. The average Bonchev–Trinajstić information content (AvgIpc) is 2.22. The van der Waals surface area contributed by atoms with Gasteiger partial charge in [0, 0.05) is 0 Å². The fourth-order valence-electron chi connectivity index (χ4n) is 1.08. The minimum atomic E-state index is -0.904. The second kappa shape index (κ2) is 6.78. The molecule has 0 aromatic rings. The van der Waals surface area contributed by atoms with E-state index < -0.39 is 10.7 Å². The van der Waals surface area contributed by atoms with Crippen molar-refractivity contribution in [2.75, 3.05) is 12.9 Å². The maximum Gasteiger partial charge on any atom is 0.319 e. The summed E-state index contributed by atoms with van der Waals surface area (Å²) in [5.41, 5.74) is 0. The fourth-order valence-corrected chi connectivity index (χ4v) is 2.02. The number of carboxylic acids is 1. The molecule has 0 aliphatic rings.